The molecule has 4 rings (SSSR count). The number of nitrogens with zero attached hydrogens (tertiary/aromatic N) is 5. The Morgan fingerprint density at radius 2 is 1.67 bits per heavy atom. The molecule has 1 fully saturated rings. The number of amides is 2. The van der Waals surface area contributed by atoms with Gasteiger partial charge in [0.1, 0.15) is 24.3 Å². The topological polar surface area (TPSA) is 105 Å². The Morgan fingerprint density at radius 1 is 1.00 bits per heavy atom. The van der Waals surface area contributed by atoms with Gasteiger partial charge in [-0.2, -0.15) is 0 Å². The number of anilines is 3. The van der Waals surface area contributed by atoms with Gasteiger partial charge in [0.25, 0.3) is 0 Å². The Kier molecular flexibility index (Phi) is 5.69. The zero-order valence-electron chi connectivity index (χ0n) is 16.7. The van der Waals surface area contributed by atoms with Crippen LogP contribution in [0.4, 0.5) is 17.2 Å². The molecule has 2 amide bonds. The Labute approximate surface area is 174 Å². The van der Waals surface area contributed by atoms with Crippen LogP contribution in [0.1, 0.15) is 19.8 Å². The summed E-state index contributed by atoms with van der Waals surface area (Å²) < 4.78 is 1.84. The second kappa shape index (κ2) is 8.73. The van der Waals surface area contributed by atoms with Crippen molar-refractivity contribution in [1.29, 1.82) is 0 Å². The third-order valence-electron chi connectivity index (χ3n) is 5.07. The summed E-state index contributed by atoms with van der Waals surface area (Å²) in [4.78, 5) is 38.6. The second-order valence-electron chi connectivity index (χ2n) is 7.21. The Bertz CT molecular complexity index is 1010. The van der Waals surface area contributed by atoms with E-state index in [1.807, 2.05) is 16.8 Å². The van der Waals surface area contributed by atoms with Crippen molar-refractivity contribution in [1.82, 2.24) is 19.5 Å². The average Bonchev–Trinajstić information content (AvgIpc) is 3.30. The van der Waals surface area contributed by atoms with Crippen molar-refractivity contribution in [3.05, 3.63) is 55.4 Å². The molecule has 1 aliphatic rings. The molecule has 30 heavy (non-hydrogen) atoms. The van der Waals surface area contributed by atoms with Gasteiger partial charge in [0.05, 0.1) is 0 Å². The minimum atomic E-state index is -0.126. The van der Waals surface area contributed by atoms with E-state index in [1.165, 1.54) is 6.92 Å². The average molecular weight is 405 g/mol. The lowest BCUT2D eigenvalue weighted by atomic mass is 9.96. The van der Waals surface area contributed by atoms with Gasteiger partial charge >= 0.3 is 0 Å². The maximum atomic E-state index is 12.6. The lowest BCUT2D eigenvalue weighted by molar-refractivity contribution is -0.120. The molecular formula is C21H23N7O2. The van der Waals surface area contributed by atoms with Crippen molar-refractivity contribution in [3.8, 4) is 5.82 Å². The van der Waals surface area contributed by atoms with Crippen LogP contribution in [0.2, 0.25) is 0 Å². The van der Waals surface area contributed by atoms with Crippen molar-refractivity contribution in [3.63, 3.8) is 0 Å². The Hall–Kier alpha value is -3.75. The van der Waals surface area contributed by atoms with Gasteiger partial charge < -0.3 is 15.5 Å². The van der Waals surface area contributed by atoms with Gasteiger partial charge in [-0.3, -0.25) is 14.2 Å². The van der Waals surface area contributed by atoms with E-state index in [2.05, 4.69) is 30.5 Å². The minimum Gasteiger partial charge on any atom is -0.356 e. The monoisotopic (exact) mass is 405 g/mol. The van der Waals surface area contributed by atoms with Crippen molar-refractivity contribution in [2.75, 3.05) is 28.6 Å². The summed E-state index contributed by atoms with van der Waals surface area (Å²) >= 11 is 0. The summed E-state index contributed by atoms with van der Waals surface area (Å²) in [5.41, 5.74) is 1.42. The van der Waals surface area contributed by atoms with E-state index in [0.717, 1.165) is 43.3 Å². The van der Waals surface area contributed by atoms with Crippen molar-refractivity contribution >= 4 is 29.0 Å². The molecule has 3 heterocycles. The van der Waals surface area contributed by atoms with Crippen LogP contribution in [0.3, 0.4) is 0 Å². The van der Waals surface area contributed by atoms with Gasteiger partial charge in [-0.15, -0.1) is 0 Å². The van der Waals surface area contributed by atoms with Crippen LogP contribution in [0, 0.1) is 5.92 Å². The van der Waals surface area contributed by atoms with Crippen molar-refractivity contribution in [2.45, 2.75) is 19.8 Å². The first kappa shape index (κ1) is 19.6. The molecule has 2 N–H and O–H groups in total. The van der Waals surface area contributed by atoms with Gasteiger partial charge in [-0.05, 0) is 37.1 Å². The minimum absolute atomic E-state index is 0.0173. The highest BCUT2D eigenvalue weighted by molar-refractivity contribution is 5.93. The first-order valence-corrected chi connectivity index (χ1v) is 9.82. The molecule has 0 saturated carbocycles. The summed E-state index contributed by atoms with van der Waals surface area (Å²) in [5, 5.41) is 5.68. The Balaban J connectivity index is 1.32. The zero-order chi connectivity index (χ0) is 20.9. The van der Waals surface area contributed by atoms with Gasteiger partial charge in [0, 0.05) is 55.8 Å². The quantitative estimate of drug-likeness (QED) is 0.676. The van der Waals surface area contributed by atoms with Gasteiger partial charge in [-0.25, -0.2) is 15.0 Å². The lowest BCUT2D eigenvalue weighted by Gasteiger charge is -2.32. The van der Waals surface area contributed by atoms with E-state index in [0.29, 0.717) is 5.69 Å². The van der Waals surface area contributed by atoms with Crippen LogP contribution in [0.15, 0.2) is 55.4 Å². The van der Waals surface area contributed by atoms with Gasteiger partial charge in [-0.1, -0.05) is 0 Å². The molecule has 154 valence electrons. The second-order valence-corrected chi connectivity index (χ2v) is 7.21. The fourth-order valence-corrected chi connectivity index (χ4v) is 3.50. The normalized spacial score (nSPS) is 14.4. The van der Waals surface area contributed by atoms with Crippen LogP contribution in [0.25, 0.3) is 5.82 Å². The van der Waals surface area contributed by atoms with Gasteiger partial charge in [0.15, 0.2) is 0 Å². The van der Waals surface area contributed by atoms with E-state index in [4.69, 9.17) is 0 Å². The number of rotatable bonds is 5. The van der Waals surface area contributed by atoms with E-state index >= 15 is 0 Å². The molecule has 1 aromatic carbocycles. The van der Waals surface area contributed by atoms with Crippen LogP contribution in [-0.2, 0) is 9.59 Å². The molecular weight excluding hydrogens is 382 g/mol. The van der Waals surface area contributed by atoms with Gasteiger partial charge in [0.2, 0.25) is 11.8 Å². The van der Waals surface area contributed by atoms with E-state index in [9.17, 15) is 9.59 Å². The van der Waals surface area contributed by atoms with E-state index in [-0.39, 0.29) is 17.7 Å². The molecule has 0 atom stereocenters. The Morgan fingerprint density at radius 3 is 2.30 bits per heavy atom. The number of nitrogens with one attached hydrogen (secondary N) is 2. The fraction of sp³-hybridized carbons (Fsp3) is 0.286. The smallest absolute Gasteiger partial charge is 0.227 e. The maximum absolute atomic E-state index is 12.6. The molecule has 0 bridgehead atoms. The standard InChI is InChI=1S/C21H23N7O2/c1-15(29)25-17-2-4-18(5-3-17)26-21(30)16-6-9-27(10-7-16)19-12-20(24-13-23-19)28-11-8-22-14-28/h2-5,8,11-14,16H,6-7,9-10H2,1H3,(H,25,29)(H,26,30). The number of piperidine rings is 1. The van der Waals surface area contributed by atoms with Crippen molar-refractivity contribution < 1.29 is 9.59 Å². The molecule has 0 radical (unpaired) electrons. The molecule has 1 aliphatic heterocycles. The third-order valence-corrected chi connectivity index (χ3v) is 5.07. The maximum Gasteiger partial charge on any atom is 0.227 e. The zero-order valence-corrected chi connectivity index (χ0v) is 16.7. The van der Waals surface area contributed by atoms with Crippen LogP contribution >= 0.6 is 0 Å². The van der Waals surface area contributed by atoms with E-state index in [1.54, 1.807) is 43.1 Å². The summed E-state index contributed by atoms with van der Waals surface area (Å²) in [6, 6.07) is 9.05. The number of carbonyl (C=O) groups is 2. The number of benzene rings is 1. The molecule has 0 aliphatic carbocycles. The molecule has 9 nitrogen and oxygen atoms in total. The predicted octanol–water partition coefficient (Wildman–Crippen LogP) is 2.48. The number of carbonyl (C=O) groups excluding carboxylic acids is 2. The highest BCUT2D eigenvalue weighted by Gasteiger charge is 2.26. The number of imidazole rings is 1. The number of hydrogen-bond donors (Lipinski definition) is 2. The molecule has 3 aromatic rings. The SMILES string of the molecule is CC(=O)Nc1ccc(NC(=O)C2CCN(c3cc(-n4ccnc4)ncn3)CC2)cc1. The van der Waals surface area contributed by atoms with Crippen LogP contribution in [-0.4, -0.2) is 44.4 Å². The molecule has 0 unspecified atom stereocenters. The summed E-state index contributed by atoms with van der Waals surface area (Å²) in [7, 11) is 0. The highest BCUT2D eigenvalue weighted by Crippen LogP contribution is 2.24. The first-order valence-electron chi connectivity index (χ1n) is 9.82. The fourth-order valence-electron chi connectivity index (χ4n) is 3.50. The predicted molar refractivity (Wildman–Crippen MR) is 113 cm³/mol. The number of hydrogen-bond acceptors (Lipinski definition) is 6. The lowest BCUT2D eigenvalue weighted by Crippen LogP contribution is -2.38. The van der Waals surface area contributed by atoms with Crippen molar-refractivity contribution in [2.24, 2.45) is 5.92 Å². The molecule has 1 saturated heterocycles. The van der Waals surface area contributed by atoms with E-state index < -0.39 is 0 Å². The van der Waals surface area contributed by atoms with Crippen LogP contribution < -0.4 is 15.5 Å². The number of aromatic nitrogens is 4. The summed E-state index contributed by atoms with van der Waals surface area (Å²) in [6.07, 6.45) is 8.30. The molecule has 0 spiro atoms. The van der Waals surface area contributed by atoms with Crippen LogP contribution in [0.5, 0.6) is 0 Å². The first-order chi connectivity index (χ1) is 14.6. The largest absolute Gasteiger partial charge is 0.356 e. The summed E-state index contributed by atoms with van der Waals surface area (Å²) in [6.45, 7) is 2.96. The third kappa shape index (κ3) is 4.62. The molecule has 2 aromatic heterocycles. The molecule has 9 heteroatoms. The summed E-state index contributed by atoms with van der Waals surface area (Å²) in [5.74, 6) is 1.45. The highest BCUT2D eigenvalue weighted by atomic mass is 16.2.